The summed E-state index contributed by atoms with van der Waals surface area (Å²) in [7, 11) is 0. The highest BCUT2D eigenvalue weighted by Gasteiger charge is 2.21. The molecule has 0 aliphatic carbocycles. The number of rotatable bonds is 7. The molecule has 0 saturated heterocycles. The number of imidazole rings is 1. The molecule has 2 rings (SSSR count). The van der Waals surface area contributed by atoms with Crippen molar-refractivity contribution in [1.29, 1.82) is 0 Å². The maximum absolute atomic E-state index is 10.9. The van der Waals surface area contributed by atoms with Crippen molar-refractivity contribution in [3.63, 3.8) is 0 Å². The summed E-state index contributed by atoms with van der Waals surface area (Å²) in [6.07, 6.45) is 0.921. The molecule has 1 aromatic heterocycles. The van der Waals surface area contributed by atoms with E-state index in [0.29, 0.717) is 22.4 Å². The van der Waals surface area contributed by atoms with Crippen molar-refractivity contribution in [2.45, 2.75) is 42.8 Å². The number of hydrogen-bond donors (Lipinski definition) is 1. The fraction of sp³-hybridized carbons (Fsp3) is 0.294. The Hall–Kier alpha value is -1.63. The van der Waals surface area contributed by atoms with E-state index in [4.69, 9.17) is 33.7 Å². The maximum atomic E-state index is 10.9. The predicted molar refractivity (Wildman–Crippen MR) is 101 cm³/mol. The summed E-state index contributed by atoms with van der Waals surface area (Å²) >= 11 is 13.7. The van der Waals surface area contributed by atoms with Crippen LogP contribution >= 0.6 is 35.0 Å². The first kappa shape index (κ1) is 19.7. The van der Waals surface area contributed by atoms with E-state index in [-0.39, 0.29) is 12.5 Å². The lowest BCUT2D eigenvalue weighted by molar-refractivity contribution is 0.145. The van der Waals surface area contributed by atoms with E-state index in [1.54, 1.807) is 12.1 Å². The molecular weight excluding hydrogens is 381 g/mol. The van der Waals surface area contributed by atoms with Gasteiger partial charge in [-0.3, -0.25) is 0 Å². The van der Waals surface area contributed by atoms with Gasteiger partial charge in [-0.25, -0.2) is 9.78 Å². The minimum Gasteiger partial charge on any atom is -0.442 e. The van der Waals surface area contributed by atoms with Crippen LogP contribution in [0.4, 0.5) is 4.79 Å². The monoisotopic (exact) mass is 399 g/mol. The molecule has 2 N–H and O–H groups in total. The van der Waals surface area contributed by atoms with Gasteiger partial charge in [0.15, 0.2) is 6.61 Å². The average molecular weight is 400 g/mol. The molecule has 1 aromatic carbocycles. The second kappa shape index (κ2) is 8.65. The van der Waals surface area contributed by atoms with Gasteiger partial charge in [-0.2, -0.15) is 0 Å². The van der Waals surface area contributed by atoms with Crippen LogP contribution in [-0.2, 0) is 17.9 Å². The van der Waals surface area contributed by atoms with Gasteiger partial charge >= 0.3 is 6.09 Å². The van der Waals surface area contributed by atoms with Crippen molar-refractivity contribution in [3.05, 3.63) is 52.4 Å². The summed E-state index contributed by atoms with van der Waals surface area (Å²) in [4.78, 5) is 16.5. The first-order valence-corrected chi connectivity index (χ1v) is 9.15. The van der Waals surface area contributed by atoms with Crippen LogP contribution in [0.5, 0.6) is 0 Å². The van der Waals surface area contributed by atoms with Crippen molar-refractivity contribution in [3.8, 4) is 0 Å². The number of nitrogens with zero attached hydrogens (tertiary/aromatic N) is 2. The highest BCUT2D eigenvalue weighted by molar-refractivity contribution is 7.99. The number of carbonyl (C=O) groups is 1. The molecule has 0 unspecified atom stereocenters. The molecule has 0 aliphatic rings. The van der Waals surface area contributed by atoms with Crippen molar-refractivity contribution in [2.24, 2.45) is 5.73 Å². The minimum atomic E-state index is -0.838. The zero-order valence-corrected chi connectivity index (χ0v) is 16.3. The first-order chi connectivity index (χ1) is 11.8. The number of aromatic nitrogens is 2. The van der Waals surface area contributed by atoms with Crippen LogP contribution in [0, 0.1) is 0 Å². The zero-order valence-electron chi connectivity index (χ0n) is 14.0. The summed E-state index contributed by atoms with van der Waals surface area (Å²) in [6.45, 7) is 8.41. The number of benzene rings is 1. The lowest BCUT2D eigenvalue weighted by atomic mass is 10.1. The maximum Gasteiger partial charge on any atom is 0.404 e. The molecule has 2 aromatic rings. The Morgan fingerprint density at radius 2 is 2.04 bits per heavy atom. The quantitative estimate of drug-likeness (QED) is 0.645. The first-order valence-electron chi connectivity index (χ1n) is 7.58. The van der Waals surface area contributed by atoms with Crippen LogP contribution < -0.4 is 5.73 Å². The molecule has 0 bridgehead atoms. The van der Waals surface area contributed by atoms with E-state index in [9.17, 15) is 4.79 Å². The number of nitrogens with two attached hydrogens (primary N) is 1. The molecule has 1 heterocycles. The topological polar surface area (TPSA) is 70.1 Å². The van der Waals surface area contributed by atoms with Crippen LogP contribution in [0.3, 0.4) is 0 Å². The number of allylic oxidation sites excluding steroid dienone is 1. The van der Waals surface area contributed by atoms with E-state index in [1.165, 1.54) is 11.8 Å². The van der Waals surface area contributed by atoms with Crippen molar-refractivity contribution in [2.75, 3.05) is 0 Å². The highest BCUT2D eigenvalue weighted by Crippen LogP contribution is 2.37. The number of primary amides is 1. The van der Waals surface area contributed by atoms with Crippen molar-refractivity contribution >= 4 is 41.1 Å². The number of hydrogen-bond acceptors (Lipinski definition) is 4. The number of carbonyl (C=O) groups excluding carboxylic acids is 1. The standard InChI is InChI=1S/C17H19Cl2N3O2S/c1-4-5-22-14(9-24-17(20)23)21-15(10(2)3)16(22)25-13-7-11(18)6-12(19)8-13/h4,6-8,10H,1,5,9H2,2-3H3,(H2,20,23). The fourth-order valence-corrected chi connectivity index (χ4v) is 4.17. The van der Waals surface area contributed by atoms with Gasteiger partial charge in [-0.05, 0) is 24.1 Å². The molecule has 8 heteroatoms. The van der Waals surface area contributed by atoms with E-state index < -0.39 is 6.09 Å². The molecule has 0 aliphatic heterocycles. The SMILES string of the molecule is C=CCn1c(COC(N)=O)nc(C(C)C)c1Sc1cc(Cl)cc(Cl)c1. The third kappa shape index (κ3) is 5.17. The molecule has 1 amide bonds. The van der Waals surface area contributed by atoms with E-state index in [2.05, 4.69) is 11.6 Å². The predicted octanol–water partition coefficient (Wildman–Crippen LogP) is 5.25. The average Bonchev–Trinajstić information content (AvgIpc) is 2.83. The van der Waals surface area contributed by atoms with Gasteiger partial charge in [-0.1, -0.05) is 54.9 Å². The summed E-state index contributed by atoms with van der Waals surface area (Å²) < 4.78 is 6.87. The summed E-state index contributed by atoms with van der Waals surface area (Å²) in [5.74, 6) is 0.786. The Kier molecular flexibility index (Phi) is 6.81. The fourth-order valence-electron chi connectivity index (χ4n) is 2.25. The van der Waals surface area contributed by atoms with Gasteiger partial charge in [0.25, 0.3) is 0 Å². The second-order valence-electron chi connectivity index (χ2n) is 5.59. The van der Waals surface area contributed by atoms with Gasteiger partial charge in [-0.15, -0.1) is 6.58 Å². The van der Waals surface area contributed by atoms with E-state index in [0.717, 1.165) is 15.6 Å². The number of amides is 1. The summed E-state index contributed by atoms with van der Waals surface area (Å²) in [5.41, 5.74) is 5.97. The Labute approximate surface area is 161 Å². The molecule has 0 atom stereocenters. The zero-order chi connectivity index (χ0) is 18.6. The third-order valence-corrected chi connectivity index (χ3v) is 4.81. The molecule has 0 fully saturated rings. The van der Waals surface area contributed by atoms with Gasteiger partial charge in [0.1, 0.15) is 10.9 Å². The molecule has 0 radical (unpaired) electrons. The van der Waals surface area contributed by atoms with Crippen LogP contribution in [0.1, 0.15) is 31.3 Å². The van der Waals surface area contributed by atoms with Gasteiger partial charge < -0.3 is 15.0 Å². The van der Waals surface area contributed by atoms with Crippen molar-refractivity contribution in [1.82, 2.24) is 9.55 Å². The molecule has 25 heavy (non-hydrogen) atoms. The van der Waals surface area contributed by atoms with Crippen molar-refractivity contribution < 1.29 is 9.53 Å². The summed E-state index contributed by atoms with van der Waals surface area (Å²) in [6, 6.07) is 5.36. The molecule has 0 spiro atoms. The van der Waals surface area contributed by atoms with Crippen LogP contribution in [0.25, 0.3) is 0 Å². The van der Waals surface area contributed by atoms with Gasteiger partial charge in [0, 0.05) is 21.5 Å². The molecule has 0 saturated carbocycles. The lowest BCUT2D eigenvalue weighted by Crippen LogP contribution is -2.15. The van der Waals surface area contributed by atoms with E-state index in [1.807, 2.05) is 30.5 Å². The second-order valence-corrected chi connectivity index (χ2v) is 7.52. The highest BCUT2D eigenvalue weighted by atomic mass is 35.5. The van der Waals surface area contributed by atoms with Gasteiger partial charge in [0.2, 0.25) is 0 Å². The minimum absolute atomic E-state index is 0.000243. The molecule has 5 nitrogen and oxygen atoms in total. The summed E-state index contributed by atoms with van der Waals surface area (Å²) in [5, 5.41) is 2.05. The Morgan fingerprint density at radius 3 is 2.56 bits per heavy atom. The number of halogens is 2. The van der Waals surface area contributed by atoms with Gasteiger partial charge in [0.05, 0.1) is 5.69 Å². The Morgan fingerprint density at radius 1 is 1.40 bits per heavy atom. The van der Waals surface area contributed by atoms with E-state index >= 15 is 0 Å². The Balaban J connectivity index is 2.48. The molecule has 134 valence electrons. The third-order valence-electron chi connectivity index (χ3n) is 3.28. The van der Waals surface area contributed by atoms with Crippen LogP contribution in [0.2, 0.25) is 10.0 Å². The van der Waals surface area contributed by atoms with Crippen LogP contribution in [0.15, 0.2) is 40.8 Å². The smallest absolute Gasteiger partial charge is 0.404 e. The molecular formula is C17H19Cl2N3O2S. The Bertz CT molecular complexity index is 770. The van der Waals surface area contributed by atoms with Crippen LogP contribution in [-0.4, -0.2) is 15.6 Å². The largest absolute Gasteiger partial charge is 0.442 e. The lowest BCUT2D eigenvalue weighted by Gasteiger charge is -2.12. The number of ether oxygens (including phenoxy) is 1. The normalized spacial score (nSPS) is 10.9.